The molecule has 0 bridgehead atoms. The van der Waals surface area contributed by atoms with Gasteiger partial charge in [-0.2, -0.15) is 0 Å². The van der Waals surface area contributed by atoms with E-state index in [4.69, 9.17) is 9.47 Å². The number of ether oxygens (including phenoxy) is 2. The van der Waals surface area contributed by atoms with Gasteiger partial charge in [0.1, 0.15) is 11.5 Å². The number of benzene rings is 1. The van der Waals surface area contributed by atoms with Crippen LogP contribution >= 0.6 is 0 Å². The summed E-state index contributed by atoms with van der Waals surface area (Å²) in [4.78, 5) is 2.38. The van der Waals surface area contributed by atoms with Crippen molar-refractivity contribution in [3.8, 4) is 11.5 Å². The highest BCUT2D eigenvalue weighted by Gasteiger charge is 2.36. The molecule has 1 aromatic rings. The largest absolute Gasteiger partial charge is 0.497 e. The molecule has 1 aromatic carbocycles. The average molecular weight is 293 g/mol. The molecule has 1 saturated heterocycles. The average Bonchev–Trinajstić information content (AvgIpc) is 2.54. The van der Waals surface area contributed by atoms with Gasteiger partial charge in [0.15, 0.2) is 0 Å². The maximum atomic E-state index is 10.9. The molecule has 1 heterocycles. The molecule has 1 fully saturated rings. The Kier molecular flexibility index (Phi) is 5.12. The van der Waals surface area contributed by atoms with Gasteiger partial charge >= 0.3 is 0 Å². The molecule has 1 aliphatic heterocycles. The second kappa shape index (κ2) is 6.67. The summed E-state index contributed by atoms with van der Waals surface area (Å²) in [6.07, 6.45) is 3.12. The predicted molar refractivity (Wildman–Crippen MR) is 84.0 cm³/mol. The van der Waals surface area contributed by atoms with Crippen LogP contribution < -0.4 is 9.47 Å². The van der Waals surface area contributed by atoms with Gasteiger partial charge in [-0.1, -0.05) is 6.42 Å². The lowest BCUT2D eigenvalue weighted by molar-refractivity contribution is -0.0210. The van der Waals surface area contributed by atoms with Gasteiger partial charge in [-0.05, 0) is 57.5 Å². The van der Waals surface area contributed by atoms with Crippen LogP contribution in [0.25, 0.3) is 0 Å². The van der Waals surface area contributed by atoms with Gasteiger partial charge in [0.2, 0.25) is 0 Å². The molecule has 0 aliphatic carbocycles. The molecule has 1 unspecified atom stereocenters. The number of aliphatic hydroxyl groups excluding tert-OH is 1. The molecule has 21 heavy (non-hydrogen) atoms. The van der Waals surface area contributed by atoms with Crippen LogP contribution in [0, 0.1) is 0 Å². The van der Waals surface area contributed by atoms with Gasteiger partial charge in [-0.15, -0.1) is 0 Å². The summed E-state index contributed by atoms with van der Waals surface area (Å²) in [6.45, 7) is 6.31. The molecule has 0 radical (unpaired) electrons. The maximum absolute atomic E-state index is 10.9. The topological polar surface area (TPSA) is 41.9 Å². The Bertz CT molecular complexity index is 445. The van der Waals surface area contributed by atoms with Crippen molar-refractivity contribution in [2.75, 3.05) is 27.3 Å². The normalized spacial score (nSPS) is 18.3. The van der Waals surface area contributed by atoms with E-state index in [9.17, 15) is 5.11 Å². The van der Waals surface area contributed by atoms with Crippen LogP contribution in [0.2, 0.25) is 0 Å². The number of hydrogen-bond acceptors (Lipinski definition) is 4. The number of nitrogens with zero attached hydrogens (tertiary/aromatic N) is 1. The third kappa shape index (κ3) is 3.50. The lowest BCUT2D eigenvalue weighted by Gasteiger charge is -2.44. The number of rotatable bonds is 5. The Labute approximate surface area is 127 Å². The van der Waals surface area contributed by atoms with E-state index >= 15 is 0 Å². The van der Waals surface area contributed by atoms with Crippen molar-refractivity contribution in [3.05, 3.63) is 23.8 Å². The maximum Gasteiger partial charge on any atom is 0.122 e. The van der Waals surface area contributed by atoms with E-state index in [0.29, 0.717) is 11.5 Å². The first-order valence-corrected chi connectivity index (χ1v) is 7.65. The molecule has 0 saturated carbocycles. The first kappa shape index (κ1) is 16.1. The van der Waals surface area contributed by atoms with Crippen molar-refractivity contribution in [2.24, 2.45) is 0 Å². The molecule has 1 aliphatic rings. The van der Waals surface area contributed by atoms with Crippen LogP contribution in [0.3, 0.4) is 0 Å². The van der Waals surface area contributed by atoms with E-state index in [1.807, 2.05) is 18.2 Å². The lowest BCUT2D eigenvalue weighted by atomic mass is 9.87. The minimum absolute atomic E-state index is 0.308. The number of methoxy groups -OCH3 is 2. The minimum Gasteiger partial charge on any atom is -0.497 e. The smallest absolute Gasteiger partial charge is 0.122 e. The van der Waals surface area contributed by atoms with Crippen molar-refractivity contribution in [2.45, 2.75) is 44.8 Å². The predicted octanol–water partition coefficient (Wildman–Crippen LogP) is 3.00. The molecule has 1 atom stereocenters. The highest BCUT2D eigenvalue weighted by Crippen LogP contribution is 2.36. The van der Waals surface area contributed by atoms with Crippen LogP contribution in [0.15, 0.2) is 18.2 Å². The van der Waals surface area contributed by atoms with Gasteiger partial charge in [0, 0.05) is 11.6 Å². The van der Waals surface area contributed by atoms with Crippen molar-refractivity contribution >= 4 is 0 Å². The van der Waals surface area contributed by atoms with Crippen molar-refractivity contribution < 1.29 is 14.6 Å². The van der Waals surface area contributed by atoms with Crippen LogP contribution in [-0.4, -0.2) is 42.9 Å². The fourth-order valence-corrected chi connectivity index (χ4v) is 3.04. The Hall–Kier alpha value is -1.26. The van der Waals surface area contributed by atoms with Gasteiger partial charge in [0.25, 0.3) is 0 Å². The standard InChI is InChI=1S/C17H27NO3/c1-17(2,18-8-6-5-7-9-18)16(19)13-10-14(20-3)12-15(11-13)21-4/h10-12,16,19H,5-9H2,1-4H3. The van der Waals surface area contributed by atoms with Crippen LogP contribution in [0.5, 0.6) is 11.5 Å². The van der Waals surface area contributed by atoms with Gasteiger partial charge in [-0.3, -0.25) is 4.90 Å². The quantitative estimate of drug-likeness (QED) is 0.906. The van der Waals surface area contributed by atoms with E-state index in [2.05, 4.69) is 18.7 Å². The van der Waals surface area contributed by atoms with Crippen LogP contribution in [0.1, 0.15) is 44.8 Å². The third-order valence-corrected chi connectivity index (χ3v) is 4.53. The van der Waals surface area contributed by atoms with Crippen LogP contribution in [0.4, 0.5) is 0 Å². The van der Waals surface area contributed by atoms with Crippen molar-refractivity contribution in [1.82, 2.24) is 4.90 Å². The Morgan fingerprint density at radius 2 is 1.52 bits per heavy atom. The Morgan fingerprint density at radius 3 is 2.00 bits per heavy atom. The second-order valence-corrected chi connectivity index (χ2v) is 6.25. The molecular formula is C17H27NO3. The van der Waals surface area contributed by atoms with E-state index in [-0.39, 0.29) is 5.54 Å². The molecule has 2 rings (SSSR count). The molecule has 1 N–H and O–H groups in total. The van der Waals surface area contributed by atoms with Gasteiger partial charge < -0.3 is 14.6 Å². The number of likely N-dealkylation sites (tertiary alicyclic amines) is 1. The molecule has 0 amide bonds. The number of hydrogen-bond donors (Lipinski definition) is 1. The van der Waals surface area contributed by atoms with Crippen LogP contribution in [-0.2, 0) is 0 Å². The summed E-state index contributed by atoms with van der Waals surface area (Å²) in [5.41, 5.74) is 0.527. The summed E-state index contributed by atoms with van der Waals surface area (Å²) in [6, 6.07) is 5.60. The van der Waals surface area contributed by atoms with Gasteiger partial charge in [0.05, 0.1) is 20.3 Å². The first-order valence-electron chi connectivity index (χ1n) is 7.65. The first-order chi connectivity index (χ1) is 9.98. The monoisotopic (exact) mass is 293 g/mol. The summed E-state index contributed by atoms with van der Waals surface area (Å²) in [5.74, 6) is 1.41. The third-order valence-electron chi connectivity index (χ3n) is 4.53. The SMILES string of the molecule is COc1cc(OC)cc(C(O)C(C)(C)N2CCCCC2)c1. The summed E-state index contributed by atoms with van der Waals surface area (Å²) < 4.78 is 10.6. The molecule has 4 nitrogen and oxygen atoms in total. The number of aliphatic hydroxyl groups is 1. The minimum atomic E-state index is -0.584. The fraction of sp³-hybridized carbons (Fsp3) is 0.647. The second-order valence-electron chi connectivity index (χ2n) is 6.25. The summed E-state index contributed by atoms with van der Waals surface area (Å²) in [5, 5.41) is 10.9. The van der Waals surface area contributed by atoms with E-state index in [0.717, 1.165) is 18.7 Å². The Balaban J connectivity index is 2.26. The Morgan fingerprint density at radius 1 is 1.00 bits per heavy atom. The molecule has 118 valence electrons. The molecule has 0 aromatic heterocycles. The zero-order valence-electron chi connectivity index (χ0n) is 13.6. The highest BCUT2D eigenvalue weighted by atomic mass is 16.5. The van der Waals surface area contributed by atoms with E-state index < -0.39 is 6.10 Å². The highest BCUT2D eigenvalue weighted by molar-refractivity contribution is 5.40. The van der Waals surface area contributed by atoms with Gasteiger partial charge in [-0.25, -0.2) is 0 Å². The van der Waals surface area contributed by atoms with Crippen molar-refractivity contribution in [1.29, 1.82) is 0 Å². The summed E-state index contributed by atoms with van der Waals surface area (Å²) in [7, 11) is 3.25. The lowest BCUT2D eigenvalue weighted by Crippen LogP contribution is -2.50. The van der Waals surface area contributed by atoms with E-state index in [1.165, 1.54) is 19.3 Å². The summed E-state index contributed by atoms with van der Waals surface area (Å²) >= 11 is 0. The zero-order chi connectivity index (χ0) is 15.5. The van der Waals surface area contributed by atoms with E-state index in [1.54, 1.807) is 14.2 Å². The fourth-order valence-electron chi connectivity index (χ4n) is 3.04. The van der Waals surface area contributed by atoms with Crippen molar-refractivity contribution in [3.63, 3.8) is 0 Å². The molecule has 0 spiro atoms. The molecular weight excluding hydrogens is 266 g/mol. The number of piperidine rings is 1. The zero-order valence-corrected chi connectivity index (χ0v) is 13.6. The molecule has 4 heteroatoms.